The Balaban J connectivity index is 2.06. The molecule has 28 heavy (non-hydrogen) atoms. The van der Waals surface area contributed by atoms with Crippen LogP contribution in [0.15, 0.2) is 12.5 Å². The fourth-order valence-electron chi connectivity index (χ4n) is 3.93. The number of hydrogen-bond acceptors (Lipinski definition) is 3. The number of hydrogen-bond donors (Lipinski definition) is 0. The molecule has 158 valence electrons. The standard InChI is InChI=1S/C22H37N3O2Te/c1-17-12-24(16-23-17)13-19-11-18(7-8-22(5,6)9-10-28)14-25(15-19)20(26)27-21(2,3)4/h10,12,16,18-19H,7-9,11,13-15H2,1-6H3. The maximum absolute atomic E-state index is 12.7. The Morgan fingerprint density at radius 1 is 1.29 bits per heavy atom. The first-order valence-corrected chi connectivity index (χ1v) is 11.7. The molecule has 0 aromatic carbocycles. The van der Waals surface area contributed by atoms with Gasteiger partial charge < -0.3 is 0 Å². The zero-order chi connectivity index (χ0) is 20.9. The van der Waals surface area contributed by atoms with Gasteiger partial charge in [-0.2, -0.15) is 0 Å². The molecule has 1 saturated heterocycles. The molecule has 1 aromatic heterocycles. The van der Waals surface area contributed by atoms with E-state index in [0.717, 1.165) is 44.6 Å². The van der Waals surface area contributed by atoms with Gasteiger partial charge in [0.25, 0.3) is 0 Å². The van der Waals surface area contributed by atoms with Gasteiger partial charge in [0.2, 0.25) is 0 Å². The molecule has 5 nitrogen and oxygen atoms in total. The molecule has 1 fully saturated rings. The van der Waals surface area contributed by atoms with Gasteiger partial charge in [0.05, 0.1) is 0 Å². The number of carbonyl (C=O) groups excluding carboxylic acids is 1. The molecule has 0 radical (unpaired) electrons. The van der Waals surface area contributed by atoms with Crippen molar-refractivity contribution in [3.8, 4) is 0 Å². The molecule has 2 atom stereocenters. The van der Waals surface area contributed by atoms with Gasteiger partial charge in [0.1, 0.15) is 0 Å². The number of imidazole rings is 1. The summed E-state index contributed by atoms with van der Waals surface area (Å²) in [4.78, 5) is 19.0. The number of amides is 1. The first kappa shape index (κ1) is 23.4. The summed E-state index contributed by atoms with van der Waals surface area (Å²) in [6.07, 6.45) is 8.44. The second-order valence-electron chi connectivity index (χ2n) is 10.1. The first-order chi connectivity index (χ1) is 13.0. The van der Waals surface area contributed by atoms with Crippen molar-refractivity contribution in [3.05, 3.63) is 18.2 Å². The molecule has 0 N–H and O–H groups in total. The Morgan fingerprint density at radius 3 is 2.54 bits per heavy atom. The van der Waals surface area contributed by atoms with E-state index in [-0.39, 0.29) is 6.09 Å². The molecule has 2 unspecified atom stereocenters. The van der Waals surface area contributed by atoms with E-state index in [0.29, 0.717) is 17.3 Å². The number of piperidine rings is 1. The summed E-state index contributed by atoms with van der Waals surface area (Å²) in [5.41, 5.74) is 0.900. The summed E-state index contributed by atoms with van der Waals surface area (Å²) in [5.74, 6) is 0.953. The van der Waals surface area contributed by atoms with Crippen LogP contribution in [0.2, 0.25) is 0 Å². The summed E-state index contributed by atoms with van der Waals surface area (Å²) in [7, 11) is 0. The Morgan fingerprint density at radius 2 is 1.96 bits per heavy atom. The number of carbonyl (C=O) groups is 1. The number of aromatic nitrogens is 2. The van der Waals surface area contributed by atoms with Crippen LogP contribution in [0, 0.1) is 24.2 Å². The van der Waals surface area contributed by atoms with Gasteiger partial charge in [-0.05, 0) is 6.92 Å². The van der Waals surface area contributed by atoms with Crippen molar-refractivity contribution in [3.63, 3.8) is 0 Å². The van der Waals surface area contributed by atoms with Crippen molar-refractivity contribution < 1.29 is 9.53 Å². The van der Waals surface area contributed by atoms with Gasteiger partial charge in [0.15, 0.2) is 0 Å². The second kappa shape index (κ2) is 9.76. The van der Waals surface area contributed by atoms with Crippen molar-refractivity contribution in [1.82, 2.24) is 14.5 Å². The number of likely N-dealkylation sites (tertiary alicyclic amines) is 1. The third-order valence-electron chi connectivity index (χ3n) is 5.37. The van der Waals surface area contributed by atoms with Crippen molar-refractivity contribution >= 4 is 32.0 Å². The van der Waals surface area contributed by atoms with Crippen molar-refractivity contribution in [1.29, 1.82) is 0 Å². The molecule has 2 rings (SSSR count). The van der Waals surface area contributed by atoms with E-state index in [2.05, 4.69) is 55.5 Å². The molecule has 2 heterocycles. The van der Waals surface area contributed by atoms with Gasteiger partial charge in [-0.15, -0.1) is 0 Å². The number of ether oxygens (including phenoxy) is 1. The molecule has 6 heteroatoms. The summed E-state index contributed by atoms with van der Waals surface area (Å²) >= 11 is 2.06. The van der Waals surface area contributed by atoms with Crippen LogP contribution in [-0.2, 0) is 11.3 Å². The van der Waals surface area contributed by atoms with Crippen molar-refractivity contribution in [2.45, 2.75) is 79.4 Å². The van der Waals surface area contributed by atoms with Crippen LogP contribution in [0.4, 0.5) is 4.79 Å². The van der Waals surface area contributed by atoms with E-state index in [1.807, 2.05) is 38.9 Å². The predicted octanol–water partition coefficient (Wildman–Crippen LogP) is 4.23. The van der Waals surface area contributed by atoms with E-state index >= 15 is 0 Å². The zero-order valence-corrected chi connectivity index (χ0v) is 20.7. The van der Waals surface area contributed by atoms with Crippen LogP contribution in [0.25, 0.3) is 0 Å². The Bertz CT molecular complexity index is 663. The van der Waals surface area contributed by atoms with Crippen molar-refractivity contribution in [2.75, 3.05) is 13.1 Å². The van der Waals surface area contributed by atoms with Crippen LogP contribution in [0.5, 0.6) is 0 Å². The van der Waals surface area contributed by atoms with E-state index in [1.54, 1.807) is 0 Å². The summed E-state index contributed by atoms with van der Waals surface area (Å²) in [6, 6.07) is 0. The van der Waals surface area contributed by atoms with E-state index in [9.17, 15) is 4.79 Å². The fraction of sp³-hybridized carbons (Fsp3) is 0.773. The maximum atomic E-state index is 12.7. The average Bonchev–Trinajstić information content (AvgIpc) is 2.96. The normalized spacial score (nSPS) is 20.9. The fourth-order valence-corrected chi connectivity index (χ4v) is 5.22. The molecular weight excluding hydrogens is 466 g/mol. The molecule has 0 aliphatic carbocycles. The minimum atomic E-state index is -0.458. The minimum absolute atomic E-state index is 0.175. The SMILES string of the molecule is Cc1cn(CC2CC(CCC(C)(C)CC=[Te])CN(C(=O)OC(C)(C)C)C2)cn1. The topological polar surface area (TPSA) is 47.4 Å². The third kappa shape index (κ3) is 7.87. The van der Waals surface area contributed by atoms with Gasteiger partial charge in [-0.3, -0.25) is 0 Å². The Labute approximate surface area is 183 Å². The monoisotopic (exact) mass is 505 g/mol. The van der Waals surface area contributed by atoms with E-state index in [4.69, 9.17) is 4.74 Å². The number of rotatable bonds is 7. The summed E-state index contributed by atoms with van der Waals surface area (Å²) < 4.78 is 10.1. The number of aryl methyl sites for hydroxylation is 1. The van der Waals surface area contributed by atoms with Crippen molar-refractivity contribution in [2.24, 2.45) is 17.3 Å². The van der Waals surface area contributed by atoms with E-state index in [1.165, 1.54) is 6.42 Å². The molecule has 0 bridgehead atoms. The zero-order valence-electron chi connectivity index (χ0n) is 18.4. The molecule has 1 aliphatic heterocycles. The number of nitrogens with zero attached hydrogens (tertiary/aromatic N) is 3. The molecule has 0 spiro atoms. The predicted molar refractivity (Wildman–Crippen MR) is 116 cm³/mol. The molecular formula is C22H37N3O2Te. The summed E-state index contributed by atoms with van der Waals surface area (Å²) in [5, 5.41) is 0. The van der Waals surface area contributed by atoms with E-state index < -0.39 is 5.60 Å². The molecule has 1 amide bonds. The van der Waals surface area contributed by atoms with Crippen LogP contribution < -0.4 is 0 Å². The van der Waals surface area contributed by atoms with Crippen LogP contribution in [0.3, 0.4) is 0 Å². The van der Waals surface area contributed by atoms with Crippen LogP contribution in [-0.4, -0.2) is 65.1 Å². The quantitative estimate of drug-likeness (QED) is 0.524. The second-order valence-corrected chi connectivity index (χ2v) is 11.1. The van der Waals surface area contributed by atoms with Crippen LogP contribution >= 0.6 is 0 Å². The summed E-state index contributed by atoms with van der Waals surface area (Å²) in [6.45, 7) is 15.0. The Kier molecular flexibility index (Phi) is 8.16. The van der Waals surface area contributed by atoms with Gasteiger partial charge >= 0.3 is 177 Å². The van der Waals surface area contributed by atoms with Gasteiger partial charge in [0, 0.05) is 0 Å². The first-order valence-electron chi connectivity index (χ1n) is 10.4. The molecule has 1 aliphatic rings. The molecule has 0 saturated carbocycles. The average molecular weight is 503 g/mol. The Hall–Kier alpha value is -0.860. The van der Waals surface area contributed by atoms with Crippen LogP contribution in [0.1, 0.15) is 66.0 Å². The molecule has 1 aromatic rings. The van der Waals surface area contributed by atoms with Gasteiger partial charge in [-0.1, -0.05) is 0 Å². The third-order valence-corrected chi connectivity index (χ3v) is 5.85. The van der Waals surface area contributed by atoms with Gasteiger partial charge in [-0.25, -0.2) is 0 Å².